The lowest BCUT2D eigenvalue weighted by Crippen LogP contribution is -2.06. The lowest BCUT2D eigenvalue weighted by atomic mass is 10.2. The quantitative estimate of drug-likeness (QED) is 0.601. The molecule has 2 rings (SSSR count). The number of aromatic nitrogens is 2. The largest absolute Gasteiger partial charge is 0.324 e. The Labute approximate surface area is 88.3 Å². The Hall–Kier alpha value is -2.51. The molecule has 1 aromatic carbocycles. The van der Waals surface area contributed by atoms with Crippen molar-refractivity contribution in [1.29, 1.82) is 0 Å². The summed E-state index contributed by atoms with van der Waals surface area (Å²) in [5, 5.41) is 20.1. The predicted octanol–water partition coefficient (Wildman–Crippen LogP) is 1.09. The number of amides is 1. The topological polar surface area (TPSA) is 111 Å². The van der Waals surface area contributed by atoms with E-state index in [1.54, 1.807) is 0 Å². The zero-order valence-corrected chi connectivity index (χ0v) is 8.13. The first-order valence-corrected chi connectivity index (χ1v) is 4.27. The molecule has 2 aromatic rings. The molecule has 1 aromatic heterocycles. The Morgan fingerprint density at radius 1 is 1.44 bits per heavy atom. The summed E-state index contributed by atoms with van der Waals surface area (Å²) < 4.78 is 4.42. The van der Waals surface area contributed by atoms with Crippen LogP contribution < -0.4 is 5.32 Å². The third-order valence-electron chi connectivity index (χ3n) is 1.90. The molecule has 1 heterocycles. The fourth-order valence-electron chi connectivity index (χ4n) is 1.29. The van der Waals surface area contributed by atoms with E-state index in [1.807, 2.05) is 0 Å². The van der Waals surface area contributed by atoms with Gasteiger partial charge in [0.25, 0.3) is 0 Å². The van der Waals surface area contributed by atoms with Gasteiger partial charge < -0.3 is 5.32 Å². The first-order valence-electron chi connectivity index (χ1n) is 4.27. The molecule has 1 amide bonds. The third-order valence-corrected chi connectivity index (χ3v) is 1.90. The van der Waals surface area contributed by atoms with Crippen molar-refractivity contribution in [3.63, 3.8) is 0 Å². The van der Waals surface area contributed by atoms with Crippen LogP contribution in [0, 0.1) is 10.1 Å². The van der Waals surface area contributed by atoms with Gasteiger partial charge in [-0.2, -0.15) is 0 Å². The number of benzene rings is 1. The van der Waals surface area contributed by atoms with Crippen molar-refractivity contribution in [3.05, 3.63) is 22.2 Å². The van der Waals surface area contributed by atoms with Gasteiger partial charge >= 0.3 is 5.69 Å². The van der Waals surface area contributed by atoms with E-state index in [4.69, 9.17) is 0 Å². The van der Waals surface area contributed by atoms with Gasteiger partial charge in [0.2, 0.25) is 11.4 Å². The van der Waals surface area contributed by atoms with Gasteiger partial charge in [-0.15, -0.1) is 0 Å². The van der Waals surface area contributed by atoms with Crippen molar-refractivity contribution >= 4 is 28.3 Å². The van der Waals surface area contributed by atoms with Crippen LogP contribution in [0.5, 0.6) is 0 Å². The number of fused-ring (bicyclic) bond motifs is 1. The minimum atomic E-state index is -0.593. The van der Waals surface area contributed by atoms with Crippen molar-refractivity contribution < 1.29 is 14.3 Å². The summed E-state index contributed by atoms with van der Waals surface area (Å²) in [4.78, 5) is 20.9. The van der Waals surface area contributed by atoms with Gasteiger partial charge in [-0.3, -0.25) is 14.9 Å². The number of non-ortho nitro benzene ring substituents is 1. The Kier molecular flexibility index (Phi) is 2.24. The molecule has 0 aliphatic heterocycles. The summed E-state index contributed by atoms with van der Waals surface area (Å²) in [6.45, 7) is 1.32. The molecule has 0 bridgehead atoms. The highest BCUT2D eigenvalue weighted by Crippen LogP contribution is 2.28. The molecule has 0 spiro atoms. The van der Waals surface area contributed by atoms with Crippen molar-refractivity contribution in [2.24, 2.45) is 0 Å². The van der Waals surface area contributed by atoms with E-state index >= 15 is 0 Å². The number of carbonyl (C=O) groups excluding carboxylic acids is 1. The van der Waals surface area contributed by atoms with Crippen LogP contribution >= 0.6 is 0 Å². The Morgan fingerprint density at radius 2 is 2.12 bits per heavy atom. The number of nitrogens with zero attached hydrogens (tertiary/aromatic N) is 3. The van der Waals surface area contributed by atoms with Crippen LogP contribution in [0.1, 0.15) is 6.92 Å². The molecule has 1 N–H and O–H groups in total. The molecule has 0 unspecified atom stereocenters. The Bertz CT molecular complexity index is 576. The Morgan fingerprint density at radius 3 is 2.75 bits per heavy atom. The van der Waals surface area contributed by atoms with E-state index in [-0.39, 0.29) is 22.6 Å². The number of anilines is 1. The van der Waals surface area contributed by atoms with Gasteiger partial charge in [0, 0.05) is 13.0 Å². The molecule has 16 heavy (non-hydrogen) atoms. The summed E-state index contributed by atoms with van der Waals surface area (Å²) in [6.07, 6.45) is 0. The second kappa shape index (κ2) is 3.57. The SMILES string of the molecule is CC(=O)Nc1ccc([N+](=O)[O-])c2nonc12. The molecule has 0 atom stereocenters. The molecule has 0 aliphatic carbocycles. The molecule has 0 aliphatic rings. The van der Waals surface area contributed by atoms with Crippen molar-refractivity contribution in [3.8, 4) is 0 Å². The van der Waals surface area contributed by atoms with Crippen molar-refractivity contribution in [2.45, 2.75) is 6.92 Å². The first kappa shape index (κ1) is 10.0. The lowest BCUT2D eigenvalue weighted by Gasteiger charge is -2.00. The van der Waals surface area contributed by atoms with Gasteiger partial charge in [-0.1, -0.05) is 0 Å². The molecule has 0 fully saturated rings. The normalized spacial score (nSPS) is 10.3. The summed E-state index contributed by atoms with van der Waals surface area (Å²) >= 11 is 0. The highest BCUT2D eigenvalue weighted by atomic mass is 16.6. The van der Waals surface area contributed by atoms with Crippen molar-refractivity contribution in [1.82, 2.24) is 10.3 Å². The lowest BCUT2D eigenvalue weighted by molar-refractivity contribution is -0.383. The fraction of sp³-hybridized carbons (Fsp3) is 0.125. The van der Waals surface area contributed by atoms with Crippen LogP contribution in [0.25, 0.3) is 11.0 Å². The summed E-state index contributed by atoms with van der Waals surface area (Å²) in [5.41, 5.74) is 0.278. The maximum Gasteiger partial charge on any atom is 0.300 e. The van der Waals surface area contributed by atoms with Crippen LogP contribution in [0.15, 0.2) is 16.8 Å². The molecule has 8 heteroatoms. The monoisotopic (exact) mass is 222 g/mol. The first-order chi connectivity index (χ1) is 7.59. The predicted molar refractivity (Wildman–Crippen MR) is 52.8 cm³/mol. The van der Waals surface area contributed by atoms with E-state index in [1.165, 1.54) is 19.1 Å². The van der Waals surface area contributed by atoms with Crippen LogP contribution in [-0.4, -0.2) is 21.1 Å². The van der Waals surface area contributed by atoms with E-state index in [0.29, 0.717) is 5.69 Å². The highest BCUT2D eigenvalue weighted by Gasteiger charge is 2.19. The average molecular weight is 222 g/mol. The minimum absolute atomic E-state index is 0.0104. The van der Waals surface area contributed by atoms with E-state index in [2.05, 4.69) is 20.3 Å². The minimum Gasteiger partial charge on any atom is -0.324 e. The van der Waals surface area contributed by atoms with Crippen LogP contribution in [0.3, 0.4) is 0 Å². The Balaban J connectivity index is 2.63. The van der Waals surface area contributed by atoms with Gasteiger partial charge in [0.1, 0.15) is 0 Å². The highest BCUT2D eigenvalue weighted by molar-refractivity contribution is 6.00. The van der Waals surface area contributed by atoms with Gasteiger partial charge in [0.15, 0.2) is 5.52 Å². The molecule has 0 saturated heterocycles. The van der Waals surface area contributed by atoms with Crippen LogP contribution in [0.4, 0.5) is 11.4 Å². The standard InChI is InChI=1S/C8H6N4O4/c1-4(13)9-5-2-3-6(12(14)15)8-7(5)10-16-11-8/h2-3H,1H3,(H,9,13). The number of nitro benzene ring substituents is 1. The number of hydrogen-bond acceptors (Lipinski definition) is 6. The zero-order valence-electron chi connectivity index (χ0n) is 8.13. The molecular formula is C8H6N4O4. The number of nitro groups is 1. The zero-order chi connectivity index (χ0) is 11.7. The molecule has 8 nitrogen and oxygen atoms in total. The van der Waals surface area contributed by atoms with E-state index in [9.17, 15) is 14.9 Å². The number of nitrogens with one attached hydrogen (secondary N) is 1. The summed E-state index contributed by atoms with van der Waals surface area (Å²) in [5.74, 6) is -0.307. The molecular weight excluding hydrogens is 216 g/mol. The van der Waals surface area contributed by atoms with E-state index < -0.39 is 4.92 Å². The van der Waals surface area contributed by atoms with Crippen LogP contribution in [-0.2, 0) is 4.79 Å². The number of hydrogen-bond donors (Lipinski definition) is 1. The average Bonchev–Trinajstić information content (AvgIpc) is 2.65. The second-order valence-corrected chi connectivity index (χ2v) is 3.03. The van der Waals surface area contributed by atoms with Crippen LogP contribution in [0.2, 0.25) is 0 Å². The number of carbonyl (C=O) groups is 1. The molecule has 0 radical (unpaired) electrons. The van der Waals surface area contributed by atoms with Gasteiger partial charge in [0.05, 0.1) is 10.6 Å². The van der Waals surface area contributed by atoms with E-state index in [0.717, 1.165) is 0 Å². The summed E-state index contributed by atoms with van der Waals surface area (Å²) in [7, 11) is 0. The second-order valence-electron chi connectivity index (χ2n) is 3.03. The fourth-order valence-corrected chi connectivity index (χ4v) is 1.29. The van der Waals surface area contributed by atoms with Gasteiger partial charge in [-0.05, 0) is 16.4 Å². The third kappa shape index (κ3) is 1.56. The maximum absolute atomic E-state index is 10.9. The van der Waals surface area contributed by atoms with Crippen molar-refractivity contribution in [2.75, 3.05) is 5.32 Å². The van der Waals surface area contributed by atoms with Gasteiger partial charge in [-0.25, -0.2) is 4.63 Å². The number of rotatable bonds is 2. The molecule has 82 valence electrons. The summed E-state index contributed by atoms with van der Waals surface area (Å²) in [6, 6.07) is 2.61. The smallest absolute Gasteiger partial charge is 0.300 e. The molecule has 0 saturated carbocycles. The maximum atomic E-state index is 10.9.